The molecule has 1 fully saturated rings. The molecule has 0 N–H and O–H groups in total. The molecule has 5 nitrogen and oxygen atoms in total. The second kappa shape index (κ2) is 8.96. The van der Waals surface area contributed by atoms with Crippen LogP contribution in [-0.4, -0.2) is 39.4 Å². The molecule has 3 heterocycles. The maximum Gasteiger partial charge on any atom is 0.320 e. The van der Waals surface area contributed by atoms with Crippen molar-refractivity contribution in [3.05, 3.63) is 58.3 Å². The molecule has 29 heavy (non-hydrogen) atoms. The zero-order valence-corrected chi connectivity index (χ0v) is 16.5. The van der Waals surface area contributed by atoms with Gasteiger partial charge in [0, 0.05) is 6.54 Å². The van der Waals surface area contributed by atoms with Gasteiger partial charge in [0.05, 0.1) is 6.61 Å². The lowest BCUT2D eigenvalue weighted by Gasteiger charge is -2.31. The maximum atomic E-state index is 14.1. The van der Waals surface area contributed by atoms with Gasteiger partial charge in [0.2, 0.25) is 5.82 Å². The summed E-state index contributed by atoms with van der Waals surface area (Å²) in [5.74, 6) is -0.965. The number of aromatic nitrogens is 3. The van der Waals surface area contributed by atoms with Gasteiger partial charge in [-0.1, -0.05) is 12.1 Å². The number of para-hydroxylation sites is 1. The number of ether oxygens (including phenoxy) is 1. The van der Waals surface area contributed by atoms with E-state index in [0.29, 0.717) is 6.61 Å². The first-order chi connectivity index (χ1) is 14.1. The lowest BCUT2D eigenvalue weighted by molar-refractivity contribution is 0.129. The van der Waals surface area contributed by atoms with Crippen molar-refractivity contribution < 1.29 is 17.9 Å². The van der Waals surface area contributed by atoms with Gasteiger partial charge in [-0.15, -0.1) is 5.10 Å². The number of benzene rings is 1. The topological polar surface area (TPSA) is 43.2 Å². The summed E-state index contributed by atoms with van der Waals surface area (Å²) in [4.78, 5) is 6.18. The normalized spacial score (nSPS) is 15.9. The van der Waals surface area contributed by atoms with Gasteiger partial charge in [-0.3, -0.25) is 4.90 Å². The minimum absolute atomic E-state index is 0.0347. The Morgan fingerprint density at radius 2 is 1.97 bits per heavy atom. The lowest BCUT2D eigenvalue weighted by Crippen LogP contribution is -2.35. The van der Waals surface area contributed by atoms with E-state index in [1.54, 1.807) is 17.4 Å². The average molecular weight is 422 g/mol. The highest BCUT2D eigenvalue weighted by Gasteiger charge is 2.24. The number of hydrogen-bond donors (Lipinski definition) is 0. The summed E-state index contributed by atoms with van der Waals surface area (Å²) in [6.07, 6.45) is -0.968. The largest absolute Gasteiger partial charge is 0.463 e. The van der Waals surface area contributed by atoms with E-state index in [-0.39, 0.29) is 17.6 Å². The molecule has 0 bridgehead atoms. The van der Waals surface area contributed by atoms with Crippen molar-refractivity contribution in [1.29, 1.82) is 0 Å². The predicted molar refractivity (Wildman–Crippen MR) is 104 cm³/mol. The van der Waals surface area contributed by atoms with E-state index in [4.69, 9.17) is 4.74 Å². The van der Waals surface area contributed by atoms with Crippen LogP contribution in [0.3, 0.4) is 0 Å². The van der Waals surface area contributed by atoms with Crippen molar-refractivity contribution >= 4 is 11.3 Å². The zero-order valence-electron chi connectivity index (χ0n) is 15.7. The fourth-order valence-electron chi connectivity index (χ4n) is 3.42. The molecule has 1 aliphatic rings. The lowest BCUT2D eigenvalue weighted by atomic mass is 9.97. The molecule has 0 aliphatic carbocycles. The first-order valence-electron chi connectivity index (χ1n) is 9.46. The van der Waals surface area contributed by atoms with Crippen LogP contribution in [0.2, 0.25) is 0 Å². The maximum absolute atomic E-state index is 14.1. The van der Waals surface area contributed by atoms with E-state index in [1.165, 1.54) is 23.8 Å². The fourth-order valence-corrected chi connectivity index (χ4v) is 4.08. The Hall–Kier alpha value is -2.39. The molecule has 0 radical (unpaired) electrons. The summed E-state index contributed by atoms with van der Waals surface area (Å²) in [7, 11) is 0. The Balaban J connectivity index is 1.39. The van der Waals surface area contributed by atoms with Gasteiger partial charge in [0.25, 0.3) is 6.43 Å². The Labute approximate surface area is 170 Å². The molecule has 0 unspecified atom stereocenters. The van der Waals surface area contributed by atoms with Crippen LogP contribution in [0, 0.1) is 11.7 Å². The van der Waals surface area contributed by atoms with Gasteiger partial charge >= 0.3 is 6.01 Å². The molecule has 4 rings (SSSR count). The number of hydrogen-bond acceptors (Lipinski definition) is 5. The first-order valence-corrected chi connectivity index (χ1v) is 10.4. The van der Waals surface area contributed by atoms with Crippen molar-refractivity contribution in [3.63, 3.8) is 0 Å². The second-order valence-electron chi connectivity index (χ2n) is 7.08. The molecule has 1 aliphatic heterocycles. The number of halogens is 3. The summed E-state index contributed by atoms with van der Waals surface area (Å²) < 4.78 is 47.0. The van der Waals surface area contributed by atoms with Gasteiger partial charge in [-0.25, -0.2) is 13.2 Å². The minimum atomic E-state index is -2.86. The number of thiophene rings is 1. The molecule has 0 atom stereocenters. The van der Waals surface area contributed by atoms with E-state index in [9.17, 15) is 13.2 Å². The van der Waals surface area contributed by atoms with Crippen molar-refractivity contribution in [2.75, 3.05) is 19.7 Å². The van der Waals surface area contributed by atoms with Crippen LogP contribution in [0.15, 0.2) is 41.1 Å². The van der Waals surface area contributed by atoms with Crippen LogP contribution >= 0.6 is 11.3 Å². The van der Waals surface area contributed by atoms with Crippen LogP contribution in [0.1, 0.15) is 30.7 Å². The molecule has 2 aromatic heterocycles. The molecule has 9 heteroatoms. The fraction of sp³-hybridized carbons (Fsp3) is 0.400. The third-order valence-corrected chi connectivity index (χ3v) is 5.74. The number of rotatable bonds is 7. The van der Waals surface area contributed by atoms with Crippen LogP contribution in [0.25, 0.3) is 5.69 Å². The first kappa shape index (κ1) is 19.9. The molecule has 154 valence electrons. The van der Waals surface area contributed by atoms with E-state index >= 15 is 0 Å². The van der Waals surface area contributed by atoms with E-state index in [1.807, 2.05) is 0 Å². The zero-order chi connectivity index (χ0) is 20.2. The summed E-state index contributed by atoms with van der Waals surface area (Å²) >= 11 is 1.70. The highest BCUT2D eigenvalue weighted by atomic mass is 32.1. The average Bonchev–Trinajstić information content (AvgIpc) is 3.38. The molecule has 1 saturated heterocycles. The minimum Gasteiger partial charge on any atom is -0.463 e. The second-order valence-corrected chi connectivity index (χ2v) is 7.86. The Kier molecular flexibility index (Phi) is 6.15. The van der Waals surface area contributed by atoms with Crippen LogP contribution in [0.5, 0.6) is 6.01 Å². The molecule has 0 spiro atoms. The molecule has 1 aromatic carbocycles. The highest BCUT2D eigenvalue weighted by Crippen LogP contribution is 2.25. The van der Waals surface area contributed by atoms with E-state index < -0.39 is 18.1 Å². The van der Waals surface area contributed by atoms with Crippen LogP contribution in [0.4, 0.5) is 13.2 Å². The Morgan fingerprint density at radius 1 is 1.17 bits per heavy atom. The number of piperidine rings is 1. The van der Waals surface area contributed by atoms with Crippen LogP contribution < -0.4 is 4.74 Å². The summed E-state index contributed by atoms with van der Waals surface area (Å²) in [6.45, 7) is 3.18. The third-order valence-electron chi connectivity index (χ3n) is 5.01. The predicted octanol–water partition coefficient (Wildman–Crippen LogP) is 4.70. The van der Waals surface area contributed by atoms with E-state index in [2.05, 4.69) is 31.8 Å². The Bertz CT molecular complexity index is 924. The van der Waals surface area contributed by atoms with Gasteiger partial charge in [0.15, 0.2) is 0 Å². The Morgan fingerprint density at radius 3 is 2.66 bits per heavy atom. The number of alkyl halides is 2. The third kappa shape index (κ3) is 4.79. The quantitative estimate of drug-likeness (QED) is 0.554. The highest BCUT2D eigenvalue weighted by molar-refractivity contribution is 7.07. The van der Waals surface area contributed by atoms with Gasteiger partial charge in [-0.05, 0) is 66.4 Å². The SMILES string of the molecule is Fc1ccccc1-n1nc(C(F)F)nc1OCC1CCN(Cc2ccsc2)CC1. The van der Waals surface area contributed by atoms with Gasteiger partial charge in [-0.2, -0.15) is 21.0 Å². The summed E-state index contributed by atoms with van der Waals surface area (Å²) in [5.41, 5.74) is 1.36. The van der Waals surface area contributed by atoms with Crippen LogP contribution in [-0.2, 0) is 6.54 Å². The molecular weight excluding hydrogens is 401 g/mol. The monoisotopic (exact) mass is 422 g/mol. The molecule has 0 saturated carbocycles. The summed E-state index contributed by atoms with van der Waals surface area (Å²) in [6, 6.07) is 7.85. The smallest absolute Gasteiger partial charge is 0.320 e. The number of likely N-dealkylation sites (tertiary alicyclic amines) is 1. The van der Waals surface area contributed by atoms with Gasteiger partial charge < -0.3 is 4.74 Å². The summed E-state index contributed by atoms with van der Waals surface area (Å²) in [5, 5.41) is 7.98. The molecule has 3 aromatic rings. The van der Waals surface area contributed by atoms with E-state index in [0.717, 1.165) is 37.2 Å². The molecular formula is C20H21F3N4OS. The van der Waals surface area contributed by atoms with Gasteiger partial charge in [0.1, 0.15) is 11.5 Å². The molecule has 0 amide bonds. The van der Waals surface area contributed by atoms with Crippen molar-refractivity contribution in [2.24, 2.45) is 5.92 Å². The number of nitrogens with zero attached hydrogens (tertiary/aromatic N) is 4. The van der Waals surface area contributed by atoms with Crippen molar-refractivity contribution in [3.8, 4) is 11.7 Å². The van der Waals surface area contributed by atoms with Crippen molar-refractivity contribution in [1.82, 2.24) is 19.7 Å². The standard InChI is InChI=1S/C20H21F3N4OS/c21-16-3-1-2-4-17(16)27-20(24-19(25-27)18(22)23)28-12-14-5-8-26(9-6-14)11-15-7-10-29-13-15/h1-4,7,10,13-14,18H,5-6,8-9,11-12H2. The van der Waals surface area contributed by atoms with Crippen molar-refractivity contribution in [2.45, 2.75) is 25.8 Å².